The molecule has 136 valence electrons. The molecule has 0 bridgehead atoms. The molecule has 2 aromatic rings. The van der Waals surface area contributed by atoms with Crippen molar-refractivity contribution < 1.29 is 19.1 Å². The molecule has 0 radical (unpaired) electrons. The van der Waals surface area contributed by atoms with E-state index in [1.165, 1.54) is 0 Å². The average Bonchev–Trinajstić information content (AvgIpc) is 3.12. The van der Waals surface area contributed by atoms with Gasteiger partial charge in [-0.1, -0.05) is 15.9 Å². The van der Waals surface area contributed by atoms with E-state index >= 15 is 0 Å². The summed E-state index contributed by atoms with van der Waals surface area (Å²) in [5.41, 5.74) is -0.0869. The largest absolute Gasteiger partial charge is 0.497 e. The fraction of sp³-hybridized carbons (Fsp3) is 0.300. The Balaban J connectivity index is 1.64. The number of benzene rings is 2. The van der Waals surface area contributed by atoms with Crippen molar-refractivity contribution in [2.45, 2.75) is 6.42 Å². The van der Waals surface area contributed by atoms with E-state index in [4.69, 9.17) is 9.47 Å². The molecule has 1 aliphatic heterocycles. The molecule has 1 amide bonds. The molecule has 1 saturated heterocycles. The predicted octanol–water partition coefficient (Wildman–Crippen LogP) is 3.57. The topological polar surface area (TPSA) is 55.8 Å². The number of carbonyl (C=O) groups is 2. The predicted molar refractivity (Wildman–Crippen MR) is 102 cm³/mol. The Morgan fingerprint density at radius 2 is 1.81 bits per heavy atom. The van der Waals surface area contributed by atoms with Crippen LogP contribution in [0.4, 0.5) is 0 Å². The fourth-order valence-corrected chi connectivity index (χ4v) is 3.26. The van der Waals surface area contributed by atoms with Gasteiger partial charge < -0.3 is 19.2 Å². The number of ether oxygens (including phenoxy) is 2. The summed E-state index contributed by atoms with van der Waals surface area (Å²) in [6.07, 6.45) is 1.52. The van der Waals surface area contributed by atoms with Gasteiger partial charge in [-0.25, -0.2) is 0 Å². The van der Waals surface area contributed by atoms with Gasteiger partial charge in [0.05, 0.1) is 12.5 Å². The fourth-order valence-electron chi connectivity index (χ4n) is 2.99. The third-order valence-electron chi connectivity index (χ3n) is 4.60. The Hall–Kier alpha value is -2.34. The minimum atomic E-state index is -0.671. The number of carbonyl (C=O) groups excluding carboxylic acids is 2. The maximum atomic E-state index is 12.7. The molecule has 3 rings (SSSR count). The van der Waals surface area contributed by atoms with Gasteiger partial charge in [-0.2, -0.15) is 0 Å². The van der Waals surface area contributed by atoms with E-state index in [-0.39, 0.29) is 12.5 Å². The summed E-state index contributed by atoms with van der Waals surface area (Å²) in [5, 5.41) is 0. The molecular formula is C20H20BrNO4. The van der Waals surface area contributed by atoms with E-state index in [2.05, 4.69) is 15.9 Å². The smallest absolute Gasteiger partial charge is 0.253 e. The van der Waals surface area contributed by atoms with Crippen LogP contribution in [-0.4, -0.2) is 43.9 Å². The van der Waals surface area contributed by atoms with Gasteiger partial charge in [0.15, 0.2) is 0 Å². The van der Waals surface area contributed by atoms with Gasteiger partial charge >= 0.3 is 0 Å². The van der Waals surface area contributed by atoms with Gasteiger partial charge in [-0.3, -0.25) is 4.79 Å². The maximum absolute atomic E-state index is 12.7. The molecule has 0 saturated carbocycles. The van der Waals surface area contributed by atoms with Crippen molar-refractivity contribution in [1.82, 2.24) is 4.90 Å². The van der Waals surface area contributed by atoms with Crippen molar-refractivity contribution in [2.75, 3.05) is 26.8 Å². The molecule has 1 aliphatic rings. The first kappa shape index (κ1) is 18.5. The Kier molecular flexibility index (Phi) is 5.61. The molecule has 0 aliphatic carbocycles. The normalized spacial score (nSPS) is 19.2. The van der Waals surface area contributed by atoms with Gasteiger partial charge in [0.2, 0.25) is 0 Å². The number of rotatable bonds is 6. The van der Waals surface area contributed by atoms with Crippen molar-refractivity contribution in [3.63, 3.8) is 0 Å². The lowest BCUT2D eigenvalue weighted by molar-refractivity contribution is -0.117. The lowest BCUT2D eigenvalue weighted by atomic mass is 9.90. The van der Waals surface area contributed by atoms with Gasteiger partial charge in [-0.05, 0) is 55.0 Å². The third kappa shape index (κ3) is 4.07. The molecule has 5 nitrogen and oxygen atoms in total. The van der Waals surface area contributed by atoms with E-state index in [9.17, 15) is 9.59 Å². The standard InChI is InChI=1S/C20H20BrNO4/c1-25-17-6-2-15(3-7-17)19(24)22-11-10-20(12-22,13-23)14-26-18-8-4-16(21)5-9-18/h2-9,13H,10-12,14H2,1H3. The summed E-state index contributed by atoms with van der Waals surface area (Å²) in [4.78, 5) is 26.1. The lowest BCUT2D eigenvalue weighted by Crippen LogP contribution is -2.36. The first-order chi connectivity index (χ1) is 12.5. The number of hydrogen-bond donors (Lipinski definition) is 0. The van der Waals surface area contributed by atoms with Crippen LogP contribution in [0.3, 0.4) is 0 Å². The quantitative estimate of drug-likeness (QED) is 0.674. The van der Waals surface area contributed by atoms with Crippen LogP contribution >= 0.6 is 15.9 Å². The highest BCUT2D eigenvalue weighted by Gasteiger charge is 2.41. The SMILES string of the molecule is COc1ccc(C(=O)N2CCC(C=O)(COc3ccc(Br)cc3)C2)cc1. The van der Waals surface area contributed by atoms with Crippen LogP contribution in [0.1, 0.15) is 16.8 Å². The summed E-state index contributed by atoms with van der Waals surface area (Å²) in [6, 6.07) is 14.4. The van der Waals surface area contributed by atoms with E-state index in [1.54, 1.807) is 36.3 Å². The second-order valence-corrected chi connectivity index (χ2v) is 7.34. The van der Waals surface area contributed by atoms with Crippen LogP contribution in [0.15, 0.2) is 53.0 Å². The van der Waals surface area contributed by atoms with Gasteiger partial charge in [0.1, 0.15) is 24.4 Å². The Bertz CT molecular complexity index is 775. The highest BCUT2D eigenvalue weighted by molar-refractivity contribution is 9.10. The molecule has 26 heavy (non-hydrogen) atoms. The summed E-state index contributed by atoms with van der Waals surface area (Å²) in [5.74, 6) is 1.32. The maximum Gasteiger partial charge on any atom is 0.253 e. The molecule has 1 heterocycles. The first-order valence-electron chi connectivity index (χ1n) is 8.33. The molecule has 0 aromatic heterocycles. The van der Waals surface area contributed by atoms with E-state index < -0.39 is 5.41 Å². The zero-order valence-electron chi connectivity index (χ0n) is 14.5. The Morgan fingerprint density at radius 1 is 1.15 bits per heavy atom. The van der Waals surface area contributed by atoms with Crippen LogP contribution in [-0.2, 0) is 4.79 Å². The minimum absolute atomic E-state index is 0.0833. The summed E-state index contributed by atoms with van der Waals surface area (Å²) < 4.78 is 11.9. The summed E-state index contributed by atoms with van der Waals surface area (Å²) in [6.45, 7) is 1.15. The van der Waals surface area contributed by atoms with E-state index in [0.717, 1.165) is 10.8 Å². The monoisotopic (exact) mass is 417 g/mol. The van der Waals surface area contributed by atoms with Crippen LogP contribution in [0, 0.1) is 5.41 Å². The number of aldehydes is 1. The van der Waals surface area contributed by atoms with Gasteiger partial charge in [-0.15, -0.1) is 0 Å². The second kappa shape index (κ2) is 7.91. The number of halogens is 1. The second-order valence-electron chi connectivity index (χ2n) is 6.43. The highest BCUT2D eigenvalue weighted by atomic mass is 79.9. The molecular weight excluding hydrogens is 398 g/mol. The number of amides is 1. The van der Waals surface area contributed by atoms with Crippen molar-refractivity contribution in [2.24, 2.45) is 5.41 Å². The summed E-state index contributed by atoms with van der Waals surface area (Å²) >= 11 is 3.38. The van der Waals surface area contributed by atoms with E-state index in [1.807, 2.05) is 24.3 Å². The van der Waals surface area contributed by atoms with Crippen LogP contribution in [0.5, 0.6) is 11.5 Å². The van der Waals surface area contributed by atoms with Crippen molar-refractivity contribution in [3.8, 4) is 11.5 Å². The van der Waals surface area contributed by atoms with Crippen LogP contribution in [0.2, 0.25) is 0 Å². The highest BCUT2D eigenvalue weighted by Crippen LogP contribution is 2.31. The van der Waals surface area contributed by atoms with Crippen molar-refractivity contribution in [1.29, 1.82) is 0 Å². The summed E-state index contributed by atoms with van der Waals surface area (Å²) in [7, 11) is 1.58. The van der Waals surface area contributed by atoms with E-state index in [0.29, 0.717) is 36.6 Å². The number of methoxy groups -OCH3 is 1. The minimum Gasteiger partial charge on any atom is -0.497 e. The first-order valence-corrected chi connectivity index (χ1v) is 9.13. The zero-order chi connectivity index (χ0) is 18.6. The number of nitrogens with zero attached hydrogens (tertiary/aromatic N) is 1. The average molecular weight is 418 g/mol. The third-order valence-corrected chi connectivity index (χ3v) is 5.13. The number of hydrogen-bond acceptors (Lipinski definition) is 4. The Labute approximate surface area is 161 Å². The molecule has 1 fully saturated rings. The Morgan fingerprint density at radius 3 is 2.42 bits per heavy atom. The van der Waals surface area contributed by atoms with Gasteiger partial charge in [0.25, 0.3) is 5.91 Å². The molecule has 1 unspecified atom stereocenters. The van der Waals surface area contributed by atoms with Crippen LogP contribution < -0.4 is 9.47 Å². The molecule has 2 aromatic carbocycles. The van der Waals surface area contributed by atoms with Gasteiger partial charge in [0, 0.05) is 23.1 Å². The van der Waals surface area contributed by atoms with Crippen molar-refractivity contribution >= 4 is 28.1 Å². The lowest BCUT2D eigenvalue weighted by Gasteiger charge is -2.23. The molecule has 1 atom stereocenters. The van der Waals surface area contributed by atoms with Crippen LogP contribution in [0.25, 0.3) is 0 Å². The molecule has 6 heteroatoms. The zero-order valence-corrected chi connectivity index (χ0v) is 16.1. The van der Waals surface area contributed by atoms with Crippen molar-refractivity contribution in [3.05, 3.63) is 58.6 Å². The molecule has 0 N–H and O–H groups in total. The molecule has 0 spiro atoms. The number of likely N-dealkylation sites (tertiary alicyclic amines) is 1.